The van der Waals surface area contributed by atoms with Gasteiger partial charge in [-0.3, -0.25) is 4.79 Å². The molecule has 1 amide bonds. The molecule has 2 aliphatic heterocycles. The van der Waals surface area contributed by atoms with E-state index in [2.05, 4.69) is 16.8 Å². The van der Waals surface area contributed by atoms with Crippen LogP contribution >= 0.6 is 11.6 Å². The molecular formula is C17H25ClN4O. The van der Waals surface area contributed by atoms with Gasteiger partial charge in [-0.05, 0) is 32.6 Å². The van der Waals surface area contributed by atoms with Crippen molar-refractivity contribution in [3.05, 3.63) is 17.1 Å². The zero-order chi connectivity index (χ0) is 16.6. The average molecular weight is 337 g/mol. The van der Waals surface area contributed by atoms with Crippen LogP contribution in [0.3, 0.4) is 0 Å². The number of piperidine rings is 1. The third-order valence-electron chi connectivity index (χ3n) is 4.89. The highest BCUT2D eigenvalue weighted by atomic mass is 35.5. The molecule has 1 fully saturated rings. The highest BCUT2D eigenvalue weighted by Crippen LogP contribution is 2.30. The molecular weight excluding hydrogens is 312 g/mol. The van der Waals surface area contributed by atoms with Gasteiger partial charge in [-0.1, -0.05) is 6.92 Å². The van der Waals surface area contributed by atoms with Crippen molar-refractivity contribution in [3.8, 4) is 0 Å². The number of hydrogen-bond acceptors (Lipinski definition) is 4. The largest absolute Gasteiger partial charge is 0.356 e. The highest BCUT2D eigenvalue weighted by Gasteiger charge is 2.29. The lowest BCUT2D eigenvalue weighted by Crippen LogP contribution is -2.42. The standard InChI is InChI=1S/C17H25ClN4O/c1-11-4-7-21(8-5-11)16-14-10-22(17(23)12(2)18)9-6-15(14)19-13(3)20-16/h11-12H,4-10H2,1-3H3/t12-/m1/s1. The van der Waals surface area contributed by atoms with Gasteiger partial charge in [0.05, 0.1) is 12.2 Å². The van der Waals surface area contributed by atoms with Crippen molar-refractivity contribution in [2.75, 3.05) is 24.5 Å². The van der Waals surface area contributed by atoms with Crippen molar-refractivity contribution in [2.45, 2.75) is 52.0 Å². The van der Waals surface area contributed by atoms with Crippen LogP contribution in [0.2, 0.25) is 0 Å². The maximum Gasteiger partial charge on any atom is 0.240 e. The van der Waals surface area contributed by atoms with Gasteiger partial charge in [0.25, 0.3) is 0 Å². The zero-order valence-corrected chi connectivity index (χ0v) is 14.9. The Balaban J connectivity index is 1.90. The molecule has 1 aromatic heterocycles. The number of amides is 1. The molecule has 0 aliphatic carbocycles. The van der Waals surface area contributed by atoms with Crippen LogP contribution < -0.4 is 4.90 Å². The number of fused-ring (bicyclic) bond motifs is 1. The molecule has 1 aromatic rings. The number of carbonyl (C=O) groups excluding carboxylic acids is 1. The maximum atomic E-state index is 12.2. The molecule has 0 bridgehead atoms. The predicted molar refractivity (Wildman–Crippen MR) is 91.8 cm³/mol. The van der Waals surface area contributed by atoms with Crippen molar-refractivity contribution in [3.63, 3.8) is 0 Å². The molecule has 6 heteroatoms. The third-order valence-corrected chi connectivity index (χ3v) is 5.07. The van der Waals surface area contributed by atoms with Crippen LogP contribution in [0.5, 0.6) is 0 Å². The number of aromatic nitrogens is 2. The molecule has 1 atom stereocenters. The van der Waals surface area contributed by atoms with Crippen LogP contribution in [-0.4, -0.2) is 45.8 Å². The topological polar surface area (TPSA) is 49.3 Å². The molecule has 0 spiro atoms. The van der Waals surface area contributed by atoms with Gasteiger partial charge in [0, 0.05) is 31.6 Å². The summed E-state index contributed by atoms with van der Waals surface area (Å²) < 4.78 is 0. The number of carbonyl (C=O) groups is 1. The smallest absolute Gasteiger partial charge is 0.240 e. The summed E-state index contributed by atoms with van der Waals surface area (Å²) in [5, 5.41) is -0.484. The van der Waals surface area contributed by atoms with Crippen molar-refractivity contribution in [1.29, 1.82) is 0 Å². The van der Waals surface area contributed by atoms with Gasteiger partial charge in [-0.25, -0.2) is 9.97 Å². The summed E-state index contributed by atoms with van der Waals surface area (Å²) in [6, 6.07) is 0. The van der Waals surface area contributed by atoms with Gasteiger partial charge in [0.2, 0.25) is 5.91 Å². The minimum absolute atomic E-state index is 0.00360. The molecule has 0 radical (unpaired) electrons. The number of rotatable bonds is 2. The molecule has 126 valence electrons. The first-order valence-corrected chi connectivity index (χ1v) is 8.93. The summed E-state index contributed by atoms with van der Waals surface area (Å²) in [6.45, 7) is 9.32. The van der Waals surface area contributed by atoms with Crippen LogP contribution in [0.1, 0.15) is 43.8 Å². The lowest BCUT2D eigenvalue weighted by atomic mass is 9.98. The molecule has 3 rings (SSSR count). The van der Waals surface area contributed by atoms with E-state index in [0.29, 0.717) is 13.1 Å². The van der Waals surface area contributed by atoms with Gasteiger partial charge in [-0.2, -0.15) is 0 Å². The SMILES string of the molecule is Cc1nc2c(c(N3CCC(C)CC3)n1)CN(C(=O)[C@@H](C)Cl)CC2. The zero-order valence-electron chi connectivity index (χ0n) is 14.2. The lowest BCUT2D eigenvalue weighted by molar-refractivity contribution is -0.131. The molecule has 3 heterocycles. The van der Waals surface area contributed by atoms with Gasteiger partial charge >= 0.3 is 0 Å². The van der Waals surface area contributed by atoms with Crippen LogP contribution in [0.25, 0.3) is 0 Å². The van der Waals surface area contributed by atoms with Gasteiger partial charge in [-0.15, -0.1) is 11.6 Å². The molecule has 23 heavy (non-hydrogen) atoms. The average Bonchev–Trinajstić information content (AvgIpc) is 2.53. The highest BCUT2D eigenvalue weighted by molar-refractivity contribution is 6.30. The molecule has 5 nitrogen and oxygen atoms in total. The fourth-order valence-corrected chi connectivity index (χ4v) is 3.58. The summed E-state index contributed by atoms with van der Waals surface area (Å²) >= 11 is 5.99. The van der Waals surface area contributed by atoms with E-state index in [9.17, 15) is 4.79 Å². The number of halogens is 1. The van der Waals surface area contributed by atoms with E-state index >= 15 is 0 Å². The van der Waals surface area contributed by atoms with Crippen LogP contribution in [0.15, 0.2) is 0 Å². The molecule has 0 aromatic carbocycles. The molecule has 1 saturated heterocycles. The number of nitrogens with zero attached hydrogens (tertiary/aromatic N) is 4. The summed E-state index contributed by atoms with van der Waals surface area (Å²) in [7, 11) is 0. The van der Waals surface area contributed by atoms with Crippen molar-refractivity contribution < 1.29 is 4.79 Å². The third kappa shape index (κ3) is 3.44. The second kappa shape index (κ2) is 6.63. The van der Waals surface area contributed by atoms with Crippen LogP contribution in [0.4, 0.5) is 5.82 Å². The Morgan fingerprint density at radius 1 is 1.26 bits per heavy atom. The number of anilines is 1. The van der Waals surface area contributed by atoms with E-state index in [4.69, 9.17) is 16.6 Å². The first-order valence-electron chi connectivity index (χ1n) is 8.50. The van der Waals surface area contributed by atoms with E-state index in [0.717, 1.165) is 48.3 Å². The molecule has 2 aliphatic rings. The Morgan fingerprint density at radius 3 is 2.61 bits per heavy atom. The van der Waals surface area contributed by atoms with Gasteiger partial charge in [0.1, 0.15) is 17.0 Å². The Bertz CT molecular complexity index is 597. The molecule has 0 unspecified atom stereocenters. The van der Waals surface area contributed by atoms with Crippen LogP contribution in [-0.2, 0) is 17.8 Å². The monoisotopic (exact) mass is 336 g/mol. The lowest BCUT2D eigenvalue weighted by Gasteiger charge is -2.36. The van der Waals surface area contributed by atoms with Gasteiger partial charge in [0.15, 0.2) is 0 Å². The van der Waals surface area contributed by atoms with E-state index in [1.54, 1.807) is 6.92 Å². The first kappa shape index (κ1) is 16.5. The minimum Gasteiger partial charge on any atom is -0.356 e. The van der Waals surface area contributed by atoms with Crippen molar-refractivity contribution in [1.82, 2.24) is 14.9 Å². The predicted octanol–water partition coefficient (Wildman–Crippen LogP) is 2.53. The van der Waals surface area contributed by atoms with Crippen molar-refractivity contribution in [2.24, 2.45) is 5.92 Å². The summed E-state index contributed by atoms with van der Waals surface area (Å²) in [6.07, 6.45) is 3.17. The Kier molecular flexibility index (Phi) is 4.76. The number of hydrogen-bond donors (Lipinski definition) is 0. The Morgan fingerprint density at radius 2 is 1.96 bits per heavy atom. The van der Waals surface area contributed by atoms with Crippen molar-refractivity contribution >= 4 is 23.3 Å². The Hall–Kier alpha value is -1.36. The summed E-state index contributed by atoms with van der Waals surface area (Å²) in [5.74, 6) is 2.62. The first-order chi connectivity index (χ1) is 11.0. The van der Waals surface area contributed by atoms with Gasteiger partial charge < -0.3 is 9.80 Å². The molecule has 0 N–H and O–H groups in total. The second-order valence-corrected chi connectivity index (χ2v) is 7.47. The Labute approximate surface area is 143 Å². The van der Waals surface area contributed by atoms with E-state index in [1.165, 1.54) is 12.8 Å². The number of aryl methyl sites for hydroxylation is 1. The quantitative estimate of drug-likeness (QED) is 0.779. The minimum atomic E-state index is -0.484. The number of alkyl halides is 1. The van der Waals surface area contributed by atoms with E-state index < -0.39 is 5.38 Å². The fraction of sp³-hybridized carbons (Fsp3) is 0.706. The summed E-state index contributed by atoms with van der Waals surface area (Å²) in [4.78, 5) is 25.8. The van der Waals surface area contributed by atoms with Crippen LogP contribution in [0, 0.1) is 12.8 Å². The normalized spacial score (nSPS) is 20.3. The summed E-state index contributed by atoms with van der Waals surface area (Å²) in [5.41, 5.74) is 2.21. The fourth-order valence-electron chi connectivity index (χ4n) is 3.44. The van der Waals surface area contributed by atoms with E-state index in [-0.39, 0.29) is 5.91 Å². The molecule has 0 saturated carbocycles. The van der Waals surface area contributed by atoms with E-state index in [1.807, 2.05) is 11.8 Å². The second-order valence-electron chi connectivity index (χ2n) is 6.82. The maximum absolute atomic E-state index is 12.2.